The van der Waals surface area contributed by atoms with Crippen molar-refractivity contribution in [2.45, 2.75) is 70.6 Å². The van der Waals surface area contributed by atoms with Gasteiger partial charge in [-0.1, -0.05) is 44.2 Å². The fraction of sp³-hybridized carbons (Fsp3) is 0.514. The van der Waals surface area contributed by atoms with Crippen molar-refractivity contribution >= 4 is 21.9 Å². The third-order valence-electron chi connectivity index (χ3n) is 9.99. The van der Waals surface area contributed by atoms with E-state index in [2.05, 4.69) is 34.6 Å². The number of ether oxygens (including phenoxy) is 1. The summed E-state index contributed by atoms with van der Waals surface area (Å²) in [4.78, 5) is 23.7. The molecule has 8 nitrogen and oxygen atoms in total. The molecule has 9 heteroatoms. The lowest BCUT2D eigenvalue weighted by Crippen LogP contribution is -2.53. The molecule has 2 heterocycles. The second-order valence-electron chi connectivity index (χ2n) is 14.1. The maximum absolute atomic E-state index is 13.7. The van der Waals surface area contributed by atoms with Gasteiger partial charge < -0.3 is 9.64 Å². The van der Waals surface area contributed by atoms with Crippen molar-refractivity contribution in [2.24, 2.45) is 29.1 Å². The largest absolute Gasteiger partial charge is 0.477 e. The first kappa shape index (κ1) is 30.6. The molecule has 1 amide bonds. The van der Waals surface area contributed by atoms with Gasteiger partial charge in [-0.3, -0.25) is 4.79 Å². The first-order chi connectivity index (χ1) is 20.8. The zero-order valence-corrected chi connectivity index (χ0v) is 27.4. The van der Waals surface area contributed by atoms with Crippen molar-refractivity contribution in [1.82, 2.24) is 14.9 Å². The Morgan fingerprint density at radius 3 is 2.36 bits per heavy atom. The van der Waals surface area contributed by atoms with Crippen LogP contribution < -0.4 is 9.46 Å². The third-order valence-corrected chi connectivity index (χ3v) is 11.3. The molecule has 234 valence electrons. The molecule has 4 bridgehead atoms. The molecular weight excluding hydrogens is 572 g/mol. The fourth-order valence-electron chi connectivity index (χ4n) is 8.17. The van der Waals surface area contributed by atoms with Gasteiger partial charge in [-0.2, -0.15) is 4.98 Å². The van der Waals surface area contributed by atoms with Crippen LogP contribution in [0.1, 0.15) is 68.6 Å². The van der Waals surface area contributed by atoms with Gasteiger partial charge in [-0.05, 0) is 97.9 Å². The fourth-order valence-corrected chi connectivity index (χ4v) is 9.17. The minimum Gasteiger partial charge on any atom is -0.477 e. The van der Waals surface area contributed by atoms with E-state index in [0.29, 0.717) is 30.0 Å². The molecule has 0 saturated heterocycles. The number of rotatable bonds is 5. The highest BCUT2D eigenvalue weighted by molar-refractivity contribution is 7.92. The van der Waals surface area contributed by atoms with Crippen LogP contribution in [0, 0.1) is 42.9 Å². The van der Waals surface area contributed by atoms with Crippen molar-refractivity contribution in [3.05, 3.63) is 65.2 Å². The number of nitrogens with zero attached hydrogens (tertiary/aromatic N) is 3. The van der Waals surface area contributed by atoms with Gasteiger partial charge in [-0.15, -0.1) is 0 Å². The van der Waals surface area contributed by atoms with Crippen LogP contribution in [0.3, 0.4) is 0 Å². The summed E-state index contributed by atoms with van der Waals surface area (Å²) in [5.74, 6) is 1.80. The van der Waals surface area contributed by atoms with Crippen LogP contribution in [0.2, 0.25) is 0 Å². The molecule has 2 aliphatic carbocycles. The summed E-state index contributed by atoms with van der Waals surface area (Å²) in [7, 11) is -0.292. The standard InChI is InChI=1S/C35H44N4O4S/c1-21(2)13-25-20-43-30-15-29(31-22(3)9-7-10-23(31)4)36-34(37-30)38-44(41,42)28-12-8-11-24(14-28)32(25)26-16-35(17-26)18-27(19-35)33(40)39(5)6/h7-12,14-15,21,25-27,32H,13,16-20H2,1-6H3,(H,36,37,38)/t25-,26-,27-,32?,35?/m1/s1. The van der Waals surface area contributed by atoms with Crippen LogP contribution in [-0.4, -0.2) is 49.9 Å². The molecule has 0 radical (unpaired) electrons. The van der Waals surface area contributed by atoms with Gasteiger partial charge in [0, 0.05) is 37.6 Å². The SMILES string of the molecule is Cc1cccc(C)c1-c1cc2nc(n1)NS(=O)(=O)c1cccc(c1)C([C@H]1CC3(C[C@H](C(=O)N(C)C)C3)C1)[C@H](CC(C)C)CO2. The number of amides is 1. The van der Waals surface area contributed by atoms with E-state index in [0.717, 1.165) is 54.4 Å². The topological polar surface area (TPSA) is 101 Å². The molecule has 1 spiro atoms. The van der Waals surface area contributed by atoms with E-state index in [4.69, 9.17) is 4.74 Å². The number of hydrogen-bond donors (Lipinski definition) is 1. The first-order valence-corrected chi connectivity index (χ1v) is 17.2. The number of hydrogen-bond acceptors (Lipinski definition) is 6. The van der Waals surface area contributed by atoms with Crippen molar-refractivity contribution in [3.63, 3.8) is 0 Å². The van der Waals surface area contributed by atoms with E-state index < -0.39 is 10.0 Å². The van der Waals surface area contributed by atoms with Crippen LogP contribution in [0.4, 0.5) is 5.95 Å². The second-order valence-corrected chi connectivity index (χ2v) is 15.8. The number of aryl methyl sites for hydroxylation is 2. The summed E-state index contributed by atoms with van der Waals surface area (Å²) < 4.78 is 36.6. The summed E-state index contributed by atoms with van der Waals surface area (Å²) in [6.45, 7) is 8.97. The van der Waals surface area contributed by atoms with Gasteiger partial charge in [0.05, 0.1) is 17.2 Å². The van der Waals surface area contributed by atoms with Crippen LogP contribution in [0.15, 0.2) is 53.4 Å². The smallest absolute Gasteiger partial charge is 0.264 e. The number of aromatic nitrogens is 2. The Labute approximate surface area is 261 Å². The van der Waals surface area contributed by atoms with E-state index in [-0.39, 0.29) is 39.9 Å². The number of carbonyl (C=O) groups excluding carboxylic acids is 1. The molecule has 2 saturated carbocycles. The van der Waals surface area contributed by atoms with Crippen molar-refractivity contribution in [1.29, 1.82) is 0 Å². The van der Waals surface area contributed by atoms with Gasteiger partial charge in [0.25, 0.3) is 10.0 Å². The quantitative estimate of drug-likeness (QED) is 0.347. The molecule has 1 unspecified atom stereocenters. The highest BCUT2D eigenvalue weighted by Crippen LogP contribution is 2.65. The van der Waals surface area contributed by atoms with Crippen molar-refractivity contribution in [2.75, 3.05) is 25.4 Å². The van der Waals surface area contributed by atoms with Gasteiger partial charge >= 0.3 is 0 Å². The zero-order valence-electron chi connectivity index (χ0n) is 26.6. The Kier molecular flexibility index (Phi) is 7.97. The predicted octanol–water partition coefficient (Wildman–Crippen LogP) is 6.59. The van der Waals surface area contributed by atoms with E-state index >= 15 is 0 Å². The second kappa shape index (κ2) is 11.5. The van der Waals surface area contributed by atoms with Crippen LogP contribution in [-0.2, 0) is 14.8 Å². The molecule has 2 aromatic carbocycles. The number of benzene rings is 2. The van der Waals surface area contributed by atoms with Crippen LogP contribution in [0.5, 0.6) is 5.88 Å². The monoisotopic (exact) mass is 616 g/mol. The van der Waals surface area contributed by atoms with Gasteiger partial charge in [-0.25, -0.2) is 18.1 Å². The summed E-state index contributed by atoms with van der Waals surface area (Å²) >= 11 is 0. The maximum atomic E-state index is 13.7. The van der Waals surface area contributed by atoms with Gasteiger partial charge in [0.2, 0.25) is 17.7 Å². The average molecular weight is 617 g/mol. The Morgan fingerprint density at radius 2 is 1.70 bits per heavy atom. The lowest BCUT2D eigenvalue weighted by atomic mass is 9.45. The highest BCUT2D eigenvalue weighted by Gasteiger charge is 2.57. The summed E-state index contributed by atoms with van der Waals surface area (Å²) in [5, 5.41) is 0. The molecule has 1 N–H and O–H groups in total. The van der Waals surface area contributed by atoms with E-state index in [9.17, 15) is 13.2 Å². The van der Waals surface area contributed by atoms with Gasteiger partial charge in [0.15, 0.2) is 0 Å². The number of nitrogens with one attached hydrogen (secondary N) is 1. The Hall–Kier alpha value is -3.46. The molecule has 2 atom stereocenters. The molecule has 3 aromatic rings. The minimum absolute atomic E-state index is 0.00386. The van der Waals surface area contributed by atoms with Crippen LogP contribution >= 0.6 is 0 Å². The molecule has 2 fully saturated rings. The lowest BCUT2D eigenvalue weighted by Gasteiger charge is -2.60. The number of sulfonamides is 1. The molecule has 44 heavy (non-hydrogen) atoms. The molecular formula is C35H44N4O4S. The Balaban J connectivity index is 1.37. The molecule has 1 aromatic heterocycles. The van der Waals surface area contributed by atoms with E-state index in [1.807, 2.05) is 64.3 Å². The van der Waals surface area contributed by atoms with Gasteiger partial charge in [0.1, 0.15) is 0 Å². The normalized spacial score (nSPS) is 27.2. The Bertz CT molecular complexity index is 1650. The molecule has 6 rings (SSSR count). The third kappa shape index (κ3) is 5.83. The minimum atomic E-state index is -3.96. The van der Waals surface area contributed by atoms with Crippen molar-refractivity contribution in [3.8, 4) is 17.1 Å². The van der Waals surface area contributed by atoms with E-state index in [1.165, 1.54) is 0 Å². The summed E-state index contributed by atoms with van der Waals surface area (Å²) in [6, 6.07) is 15.3. The number of anilines is 1. The maximum Gasteiger partial charge on any atom is 0.264 e. The average Bonchev–Trinajstić information content (AvgIpc) is 2.90. The first-order valence-electron chi connectivity index (χ1n) is 15.8. The number of fused-ring (bicyclic) bond motifs is 4. The molecule has 3 aliphatic rings. The van der Waals surface area contributed by atoms with Crippen molar-refractivity contribution < 1.29 is 17.9 Å². The lowest BCUT2D eigenvalue weighted by molar-refractivity contribution is -0.150. The summed E-state index contributed by atoms with van der Waals surface area (Å²) in [6.07, 6.45) is 4.93. The number of carbonyl (C=O) groups is 1. The predicted molar refractivity (Wildman–Crippen MR) is 172 cm³/mol. The summed E-state index contributed by atoms with van der Waals surface area (Å²) in [5.41, 5.74) is 4.90. The Morgan fingerprint density at radius 1 is 1.02 bits per heavy atom. The molecule has 1 aliphatic heterocycles. The van der Waals surface area contributed by atoms with Crippen LogP contribution in [0.25, 0.3) is 11.3 Å². The highest BCUT2D eigenvalue weighted by atomic mass is 32.2. The van der Waals surface area contributed by atoms with E-state index in [1.54, 1.807) is 11.0 Å². The zero-order chi connectivity index (χ0) is 31.4.